The molecule has 244 valence electrons. The van der Waals surface area contributed by atoms with E-state index in [0.29, 0.717) is 23.1 Å². The summed E-state index contributed by atoms with van der Waals surface area (Å²) < 4.78 is 10.4. The Hall–Kier alpha value is -4.61. The van der Waals surface area contributed by atoms with Gasteiger partial charge in [0.05, 0.1) is 12.1 Å². The lowest BCUT2D eigenvalue weighted by Crippen LogP contribution is -2.35. The number of aryl methyl sites for hydroxylation is 2. The fraction of sp³-hybridized carbons (Fsp3) is 0.333. The molecule has 4 aromatic rings. The van der Waals surface area contributed by atoms with E-state index in [2.05, 4.69) is 31.0 Å². The number of carbonyl (C=O) groups excluding carboxylic acids is 4. The van der Waals surface area contributed by atoms with E-state index < -0.39 is 12.2 Å². The summed E-state index contributed by atoms with van der Waals surface area (Å²) in [6.45, 7) is 0.0906. The molecule has 4 heterocycles. The lowest BCUT2D eigenvalue weighted by Gasteiger charge is -2.20. The molecular formula is C30H30N8O6S3. The van der Waals surface area contributed by atoms with Crippen LogP contribution in [0.1, 0.15) is 33.2 Å². The molecule has 0 spiro atoms. The van der Waals surface area contributed by atoms with Crippen LogP contribution in [0.25, 0.3) is 0 Å². The first-order valence-corrected chi connectivity index (χ1v) is 17.5. The van der Waals surface area contributed by atoms with E-state index in [9.17, 15) is 19.2 Å². The normalized spacial score (nSPS) is 17.4. The Morgan fingerprint density at radius 2 is 1.13 bits per heavy atom. The highest BCUT2D eigenvalue weighted by molar-refractivity contribution is 7.99. The maximum absolute atomic E-state index is 12.7. The largest absolute Gasteiger partial charge is 0.447 e. The van der Waals surface area contributed by atoms with Gasteiger partial charge in [0, 0.05) is 12.8 Å². The summed E-state index contributed by atoms with van der Waals surface area (Å²) in [6.07, 6.45) is 0.295. The minimum absolute atomic E-state index is 0.151. The average molecular weight is 695 g/mol. The van der Waals surface area contributed by atoms with Crippen molar-refractivity contribution in [2.24, 2.45) is 0 Å². The van der Waals surface area contributed by atoms with Crippen molar-refractivity contribution in [1.82, 2.24) is 30.2 Å². The van der Waals surface area contributed by atoms with Crippen LogP contribution in [0.15, 0.2) is 60.7 Å². The summed E-state index contributed by atoms with van der Waals surface area (Å²) in [4.78, 5) is 52.6. The average Bonchev–Trinajstić information content (AvgIpc) is 3.87. The van der Waals surface area contributed by atoms with Gasteiger partial charge in [-0.05, 0) is 22.6 Å². The number of benzene rings is 2. The molecule has 6 rings (SSSR count). The highest BCUT2D eigenvalue weighted by atomic mass is 32.2. The molecule has 4 amide bonds. The van der Waals surface area contributed by atoms with Gasteiger partial charge in [-0.3, -0.25) is 30.0 Å². The first-order valence-electron chi connectivity index (χ1n) is 14.7. The third kappa shape index (κ3) is 8.41. The summed E-state index contributed by atoms with van der Waals surface area (Å²) in [5.41, 5.74) is 1.81. The number of amides is 4. The number of nitrogens with one attached hydrogen (secondary N) is 2. The maximum atomic E-state index is 12.7. The third-order valence-corrected chi connectivity index (χ3v) is 10.1. The summed E-state index contributed by atoms with van der Waals surface area (Å²) in [5.74, 6) is 0.837. The zero-order valence-corrected chi connectivity index (χ0v) is 27.4. The summed E-state index contributed by atoms with van der Waals surface area (Å²) >= 11 is 4.31. The van der Waals surface area contributed by atoms with Crippen LogP contribution in [0, 0.1) is 0 Å². The number of aromatic nitrogens is 4. The minimum Gasteiger partial charge on any atom is -0.447 e. The van der Waals surface area contributed by atoms with E-state index in [0.717, 1.165) is 32.6 Å². The van der Waals surface area contributed by atoms with Crippen LogP contribution < -0.4 is 10.6 Å². The molecule has 0 unspecified atom stereocenters. The van der Waals surface area contributed by atoms with E-state index in [1.54, 1.807) is 11.8 Å². The zero-order chi connectivity index (χ0) is 32.6. The molecule has 0 aliphatic carbocycles. The van der Waals surface area contributed by atoms with Gasteiger partial charge in [0.1, 0.15) is 36.3 Å². The summed E-state index contributed by atoms with van der Waals surface area (Å²) in [6, 6.07) is 18.3. The Labute approximate surface area is 281 Å². The number of carbonyl (C=O) groups is 4. The van der Waals surface area contributed by atoms with E-state index >= 15 is 0 Å². The molecule has 2 aliphatic rings. The van der Waals surface area contributed by atoms with Crippen molar-refractivity contribution < 1.29 is 28.7 Å². The molecule has 17 heteroatoms. The molecule has 14 nitrogen and oxygen atoms in total. The van der Waals surface area contributed by atoms with Gasteiger partial charge in [-0.15, -0.1) is 20.4 Å². The van der Waals surface area contributed by atoms with Crippen LogP contribution in [0.4, 0.5) is 19.9 Å². The Balaban J connectivity index is 0.888. The molecule has 2 aromatic carbocycles. The highest BCUT2D eigenvalue weighted by Gasteiger charge is 2.36. The fourth-order valence-corrected chi connectivity index (χ4v) is 7.66. The molecular weight excluding hydrogens is 665 g/mol. The second kappa shape index (κ2) is 15.3. The Morgan fingerprint density at radius 3 is 1.55 bits per heavy atom. The monoisotopic (exact) mass is 694 g/mol. The second-order valence-electron chi connectivity index (χ2n) is 10.5. The van der Waals surface area contributed by atoms with Crippen molar-refractivity contribution >= 4 is 68.7 Å². The van der Waals surface area contributed by atoms with Crippen molar-refractivity contribution in [3.63, 3.8) is 0 Å². The Morgan fingerprint density at radius 1 is 0.702 bits per heavy atom. The molecule has 2 saturated heterocycles. The summed E-state index contributed by atoms with van der Waals surface area (Å²) in [5, 5.41) is 24.3. The van der Waals surface area contributed by atoms with Gasteiger partial charge in [-0.25, -0.2) is 9.59 Å². The molecule has 2 aromatic heterocycles. The van der Waals surface area contributed by atoms with Gasteiger partial charge in [-0.1, -0.05) is 83.3 Å². The SMILES string of the molecule is O=C(CN1C(=O)OC[C@@H]1c1ccccc1)Nc1nnc(CCSCCc2nnc(NC(=O)CN3C(=O)OC[C@@H]3c3ccccc3)s2)s1. The van der Waals surface area contributed by atoms with Crippen LogP contribution in [0.2, 0.25) is 0 Å². The van der Waals surface area contributed by atoms with Gasteiger partial charge < -0.3 is 9.47 Å². The van der Waals surface area contributed by atoms with Crippen molar-refractivity contribution in [2.45, 2.75) is 24.9 Å². The highest BCUT2D eigenvalue weighted by Crippen LogP contribution is 2.29. The van der Waals surface area contributed by atoms with E-state index in [1.807, 2.05) is 60.7 Å². The van der Waals surface area contributed by atoms with Gasteiger partial charge in [0.15, 0.2) is 0 Å². The lowest BCUT2D eigenvalue weighted by atomic mass is 10.1. The standard InChI is InChI=1S/C30H30N8O6S3/c39-23(15-37-21(17-43-29(37)41)19-7-3-1-4-8-19)31-27-35-33-25(46-27)11-13-45-14-12-26-34-36-28(47-26)32-24(40)16-38-22(18-44-30(38)42)20-9-5-2-6-10-20/h1-10,21-22H,11-18H2,(H,31,35,39)(H,32,36,40)/t21-,22-/m1/s1. The Kier molecular flexibility index (Phi) is 10.5. The van der Waals surface area contributed by atoms with Crippen LogP contribution in [-0.4, -0.2) is 92.0 Å². The molecule has 0 saturated carbocycles. The van der Waals surface area contributed by atoms with Crippen molar-refractivity contribution in [3.05, 3.63) is 81.8 Å². The number of hydrogen-bond acceptors (Lipinski definition) is 13. The lowest BCUT2D eigenvalue weighted by molar-refractivity contribution is -0.117. The quantitative estimate of drug-likeness (QED) is 0.182. The van der Waals surface area contributed by atoms with Crippen LogP contribution in [-0.2, 0) is 31.9 Å². The number of rotatable bonds is 14. The second-order valence-corrected chi connectivity index (χ2v) is 13.8. The van der Waals surface area contributed by atoms with Crippen LogP contribution in [0.5, 0.6) is 0 Å². The number of ether oxygens (including phenoxy) is 2. The maximum Gasteiger partial charge on any atom is 0.410 e. The number of cyclic esters (lactones) is 2. The zero-order valence-electron chi connectivity index (χ0n) is 24.9. The molecule has 0 radical (unpaired) electrons. The van der Waals surface area contributed by atoms with Gasteiger partial charge >= 0.3 is 12.2 Å². The van der Waals surface area contributed by atoms with Crippen LogP contribution >= 0.6 is 34.4 Å². The molecule has 47 heavy (non-hydrogen) atoms. The van der Waals surface area contributed by atoms with E-state index in [1.165, 1.54) is 32.5 Å². The molecule has 0 bridgehead atoms. The molecule has 2 N–H and O–H groups in total. The smallest absolute Gasteiger partial charge is 0.410 e. The van der Waals surface area contributed by atoms with E-state index in [-0.39, 0.29) is 50.2 Å². The van der Waals surface area contributed by atoms with Crippen molar-refractivity contribution in [1.29, 1.82) is 0 Å². The molecule has 2 atom stereocenters. The van der Waals surface area contributed by atoms with E-state index in [4.69, 9.17) is 9.47 Å². The molecule has 2 aliphatic heterocycles. The summed E-state index contributed by atoms with van der Waals surface area (Å²) in [7, 11) is 0. The Bertz CT molecular complexity index is 1580. The predicted molar refractivity (Wildman–Crippen MR) is 176 cm³/mol. The van der Waals surface area contributed by atoms with Gasteiger partial charge in [-0.2, -0.15) is 11.8 Å². The topological polar surface area (TPSA) is 169 Å². The van der Waals surface area contributed by atoms with Gasteiger partial charge in [0.25, 0.3) is 0 Å². The van der Waals surface area contributed by atoms with Crippen molar-refractivity contribution in [3.8, 4) is 0 Å². The van der Waals surface area contributed by atoms with Crippen LogP contribution in [0.3, 0.4) is 0 Å². The minimum atomic E-state index is -0.526. The number of nitrogens with zero attached hydrogens (tertiary/aromatic N) is 6. The molecule has 2 fully saturated rings. The van der Waals surface area contributed by atoms with Crippen molar-refractivity contribution in [2.75, 3.05) is 48.4 Å². The van der Waals surface area contributed by atoms with Gasteiger partial charge in [0.2, 0.25) is 22.1 Å². The number of hydrogen-bond donors (Lipinski definition) is 2. The predicted octanol–water partition coefficient (Wildman–Crippen LogP) is 4.17. The third-order valence-electron chi connectivity index (χ3n) is 7.29. The fourth-order valence-electron chi connectivity index (χ4n) is 5.01. The number of anilines is 2. The first-order chi connectivity index (χ1) is 22.9. The number of thioether (sulfide) groups is 1. The first kappa shape index (κ1) is 32.3.